The highest BCUT2D eigenvalue weighted by molar-refractivity contribution is 7.14. The lowest BCUT2D eigenvalue weighted by molar-refractivity contribution is 0.102. The molecule has 2 aromatic heterocycles. The molecule has 134 valence electrons. The summed E-state index contributed by atoms with van der Waals surface area (Å²) < 4.78 is 27.8. The number of hydrogen-bond acceptors (Lipinski definition) is 6. The van der Waals surface area contributed by atoms with Crippen LogP contribution in [0.1, 0.15) is 10.4 Å². The minimum absolute atomic E-state index is 0.325. The number of aromatic nitrogens is 5. The maximum Gasteiger partial charge on any atom is 0.259 e. The molecule has 0 bridgehead atoms. The van der Waals surface area contributed by atoms with Crippen LogP contribution in [0, 0.1) is 11.6 Å². The van der Waals surface area contributed by atoms with Gasteiger partial charge in [-0.3, -0.25) is 10.1 Å². The van der Waals surface area contributed by atoms with Crippen molar-refractivity contribution in [3.8, 4) is 16.9 Å². The van der Waals surface area contributed by atoms with Crippen LogP contribution >= 0.6 is 11.3 Å². The number of nitrogens with zero attached hydrogens (tertiary/aromatic N) is 5. The number of carbonyl (C=O) groups excluding carboxylic acids is 1. The third-order valence-electron chi connectivity index (χ3n) is 3.68. The summed E-state index contributed by atoms with van der Waals surface area (Å²) in [5, 5.41) is 15.6. The van der Waals surface area contributed by atoms with Crippen molar-refractivity contribution in [2.45, 2.75) is 0 Å². The number of benzene rings is 2. The zero-order valence-corrected chi connectivity index (χ0v) is 14.3. The zero-order valence-electron chi connectivity index (χ0n) is 13.5. The van der Waals surface area contributed by atoms with Crippen molar-refractivity contribution >= 4 is 22.4 Å². The lowest BCUT2D eigenvalue weighted by atomic mass is 10.1. The molecular weight excluding hydrogens is 374 g/mol. The van der Waals surface area contributed by atoms with Gasteiger partial charge in [-0.2, -0.15) is 4.68 Å². The third-order valence-corrected chi connectivity index (χ3v) is 4.44. The topological polar surface area (TPSA) is 85.6 Å². The van der Waals surface area contributed by atoms with E-state index in [0.717, 1.165) is 12.1 Å². The number of rotatable bonds is 4. The van der Waals surface area contributed by atoms with E-state index in [0.29, 0.717) is 27.6 Å². The standard InChI is InChI=1S/C17H10F2N6OS/c18-12-6-5-10(7-13(12)19)14-8-27-17(21-14)22-16(26)11-3-1-2-4-15(11)25-9-20-23-24-25/h1-9H,(H,21,22,26). The largest absolute Gasteiger partial charge is 0.298 e. The van der Waals surface area contributed by atoms with Gasteiger partial charge in [0.25, 0.3) is 5.91 Å². The van der Waals surface area contributed by atoms with Gasteiger partial charge in [0.1, 0.15) is 6.33 Å². The Bertz CT molecular complexity index is 1110. The molecule has 0 radical (unpaired) electrons. The molecule has 0 aliphatic carbocycles. The first-order chi connectivity index (χ1) is 13.1. The van der Waals surface area contributed by atoms with Gasteiger partial charge in [0.05, 0.1) is 16.9 Å². The maximum atomic E-state index is 13.4. The Kier molecular flexibility index (Phi) is 4.38. The quantitative estimate of drug-likeness (QED) is 0.583. The summed E-state index contributed by atoms with van der Waals surface area (Å²) in [5.74, 6) is -2.28. The van der Waals surface area contributed by atoms with Crippen molar-refractivity contribution in [1.29, 1.82) is 0 Å². The molecule has 0 fully saturated rings. The summed E-state index contributed by atoms with van der Waals surface area (Å²) in [7, 11) is 0. The van der Waals surface area contributed by atoms with E-state index in [1.165, 1.54) is 28.4 Å². The molecule has 0 saturated heterocycles. The Morgan fingerprint density at radius 2 is 1.96 bits per heavy atom. The van der Waals surface area contributed by atoms with Crippen LogP contribution in [0.25, 0.3) is 16.9 Å². The molecule has 0 aliphatic heterocycles. The minimum Gasteiger partial charge on any atom is -0.298 e. The maximum absolute atomic E-state index is 13.4. The van der Waals surface area contributed by atoms with Gasteiger partial charge in [-0.1, -0.05) is 12.1 Å². The van der Waals surface area contributed by atoms with E-state index in [1.807, 2.05) is 0 Å². The molecule has 7 nitrogen and oxygen atoms in total. The highest BCUT2D eigenvalue weighted by Crippen LogP contribution is 2.26. The summed E-state index contributed by atoms with van der Waals surface area (Å²) in [5.41, 5.74) is 1.72. The van der Waals surface area contributed by atoms with E-state index in [9.17, 15) is 13.6 Å². The number of halogens is 2. The number of amides is 1. The second-order valence-corrected chi connectivity index (χ2v) is 6.25. The number of para-hydroxylation sites is 1. The Hall–Kier alpha value is -3.53. The van der Waals surface area contributed by atoms with Crippen molar-refractivity contribution in [2.24, 2.45) is 0 Å². The number of anilines is 1. The van der Waals surface area contributed by atoms with Gasteiger partial charge in [-0.25, -0.2) is 13.8 Å². The van der Waals surface area contributed by atoms with Gasteiger partial charge in [0, 0.05) is 10.9 Å². The second kappa shape index (κ2) is 7.00. The fourth-order valence-corrected chi connectivity index (χ4v) is 3.14. The van der Waals surface area contributed by atoms with Crippen LogP contribution in [0.2, 0.25) is 0 Å². The smallest absolute Gasteiger partial charge is 0.259 e. The number of carbonyl (C=O) groups is 1. The van der Waals surface area contributed by atoms with E-state index in [2.05, 4.69) is 25.8 Å². The van der Waals surface area contributed by atoms with E-state index in [-0.39, 0.29) is 0 Å². The fourth-order valence-electron chi connectivity index (χ4n) is 2.42. The van der Waals surface area contributed by atoms with Gasteiger partial charge in [-0.15, -0.1) is 16.4 Å². The van der Waals surface area contributed by atoms with Gasteiger partial charge in [0.2, 0.25) is 0 Å². The Labute approximate surface area is 155 Å². The Morgan fingerprint density at radius 3 is 2.74 bits per heavy atom. The van der Waals surface area contributed by atoms with Crippen molar-refractivity contribution < 1.29 is 13.6 Å². The van der Waals surface area contributed by atoms with Crippen LogP contribution in [-0.4, -0.2) is 31.1 Å². The van der Waals surface area contributed by atoms with Crippen molar-refractivity contribution in [3.63, 3.8) is 0 Å². The summed E-state index contributed by atoms with van der Waals surface area (Å²) in [6.45, 7) is 0. The monoisotopic (exact) mass is 384 g/mol. The normalized spacial score (nSPS) is 10.7. The molecule has 0 unspecified atom stereocenters. The molecule has 0 spiro atoms. The molecule has 10 heteroatoms. The Morgan fingerprint density at radius 1 is 1.11 bits per heavy atom. The summed E-state index contributed by atoms with van der Waals surface area (Å²) in [6, 6.07) is 10.3. The molecule has 4 rings (SSSR count). The number of nitrogens with one attached hydrogen (secondary N) is 1. The number of hydrogen-bond donors (Lipinski definition) is 1. The van der Waals surface area contributed by atoms with Crippen molar-refractivity contribution in [1.82, 2.24) is 25.2 Å². The first-order valence-electron chi connectivity index (χ1n) is 7.66. The molecule has 0 saturated carbocycles. The molecule has 1 amide bonds. The molecule has 2 heterocycles. The van der Waals surface area contributed by atoms with E-state index in [1.54, 1.807) is 29.6 Å². The summed E-state index contributed by atoms with van der Waals surface area (Å²) in [4.78, 5) is 16.9. The highest BCUT2D eigenvalue weighted by atomic mass is 32.1. The van der Waals surface area contributed by atoms with E-state index < -0.39 is 17.5 Å². The summed E-state index contributed by atoms with van der Waals surface area (Å²) >= 11 is 1.17. The lowest BCUT2D eigenvalue weighted by Gasteiger charge is -2.07. The van der Waals surface area contributed by atoms with E-state index >= 15 is 0 Å². The van der Waals surface area contributed by atoms with Crippen molar-refractivity contribution in [3.05, 3.63) is 71.4 Å². The predicted molar refractivity (Wildman–Crippen MR) is 94.6 cm³/mol. The SMILES string of the molecule is O=C(Nc1nc(-c2ccc(F)c(F)c2)cs1)c1ccccc1-n1cnnn1. The van der Waals surface area contributed by atoms with Gasteiger partial charge in [0.15, 0.2) is 16.8 Å². The molecular formula is C17H10F2N6OS. The first kappa shape index (κ1) is 16.9. The average Bonchev–Trinajstić information content (AvgIpc) is 3.36. The van der Waals surface area contributed by atoms with Crippen LogP contribution in [0.5, 0.6) is 0 Å². The molecule has 1 N–H and O–H groups in total. The minimum atomic E-state index is -0.957. The van der Waals surface area contributed by atoms with Gasteiger partial charge < -0.3 is 0 Å². The first-order valence-corrected chi connectivity index (χ1v) is 8.54. The summed E-state index contributed by atoms with van der Waals surface area (Å²) in [6.07, 6.45) is 1.39. The number of tetrazole rings is 1. The van der Waals surface area contributed by atoms with Crippen LogP contribution < -0.4 is 5.32 Å². The Balaban J connectivity index is 1.58. The average molecular weight is 384 g/mol. The fraction of sp³-hybridized carbons (Fsp3) is 0. The second-order valence-electron chi connectivity index (χ2n) is 5.39. The van der Waals surface area contributed by atoms with Crippen LogP contribution in [-0.2, 0) is 0 Å². The van der Waals surface area contributed by atoms with Crippen LogP contribution in [0.3, 0.4) is 0 Å². The van der Waals surface area contributed by atoms with Crippen LogP contribution in [0.4, 0.5) is 13.9 Å². The molecule has 2 aromatic carbocycles. The van der Waals surface area contributed by atoms with Crippen molar-refractivity contribution in [2.75, 3.05) is 5.32 Å². The zero-order chi connectivity index (χ0) is 18.8. The third kappa shape index (κ3) is 3.42. The van der Waals surface area contributed by atoms with Gasteiger partial charge in [-0.05, 0) is 40.8 Å². The number of thiazole rings is 1. The van der Waals surface area contributed by atoms with E-state index in [4.69, 9.17) is 0 Å². The highest BCUT2D eigenvalue weighted by Gasteiger charge is 2.15. The lowest BCUT2D eigenvalue weighted by Crippen LogP contribution is -2.15. The van der Waals surface area contributed by atoms with Crippen LogP contribution in [0.15, 0.2) is 54.2 Å². The molecule has 0 atom stereocenters. The van der Waals surface area contributed by atoms with Gasteiger partial charge >= 0.3 is 0 Å². The molecule has 4 aromatic rings. The molecule has 0 aliphatic rings. The predicted octanol–water partition coefficient (Wildman–Crippen LogP) is 3.32. The molecule has 27 heavy (non-hydrogen) atoms.